The van der Waals surface area contributed by atoms with E-state index in [0.717, 1.165) is 8.95 Å². The van der Waals surface area contributed by atoms with E-state index < -0.39 is 0 Å². The fourth-order valence-corrected chi connectivity index (χ4v) is 3.80. The average Bonchev–Trinajstić information content (AvgIpc) is 2.49. The van der Waals surface area contributed by atoms with Crippen LogP contribution in [-0.4, -0.2) is 24.5 Å². The summed E-state index contributed by atoms with van der Waals surface area (Å²) >= 11 is 10.1. The highest BCUT2D eigenvalue weighted by atomic mass is 79.9. The van der Waals surface area contributed by atoms with Crippen LogP contribution in [0.25, 0.3) is 0 Å². The zero-order valence-electron chi connectivity index (χ0n) is 11.1. The molecular weight excluding hydrogens is 482 g/mol. The van der Waals surface area contributed by atoms with Gasteiger partial charge in [0.1, 0.15) is 19.0 Å². The van der Waals surface area contributed by atoms with E-state index in [9.17, 15) is 5.11 Å². The van der Waals surface area contributed by atoms with Crippen LogP contribution in [0.3, 0.4) is 0 Å². The lowest BCUT2D eigenvalue weighted by Gasteiger charge is -2.19. The Labute approximate surface area is 152 Å². The van der Waals surface area contributed by atoms with Gasteiger partial charge >= 0.3 is 0 Å². The van der Waals surface area contributed by atoms with Crippen molar-refractivity contribution >= 4 is 59.7 Å². The molecule has 0 fully saturated rings. The molecule has 0 aromatic heterocycles. The number of ether oxygens (including phenoxy) is 2. The summed E-state index contributed by atoms with van der Waals surface area (Å²) < 4.78 is 13.4. The number of benzene rings is 2. The monoisotopic (exact) mass is 489 g/mol. The molecule has 0 bridgehead atoms. The normalized spacial score (nSPS) is 13.6. The van der Waals surface area contributed by atoms with Gasteiger partial charge < -0.3 is 14.6 Å². The van der Waals surface area contributed by atoms with Gasteiger partial charge in [-0.15, -0.1) is 0 Å². The zero-order valence-corrected chi connectivity index (χ0v) is 15.9. The third-order valence-electron chi connectivity index (χ3n) is 2.99. The third-order valence-corrected chi connectivity index (χ3v) is 4.64. The third kappa shape index (κ3) is 3.31. The summed E-state index contributed by atoms with van der Waals surface area (Å²) in [5, 5.41) is 10.0. The van der Waals surface area contributed by atoms with Gasteiger partial charge in [0.05, 0.1) is 14.6 Å². The maximum Gasteiger partial charge on any atom is 0.175 e. The van der Waals surface area contributed by atoms with E-state index in [-0.39, 0.29) is 5.75 Å². The lowest BCUT2D eigenvalue weighted by Crippen LogP contribution is -2.15. The van der Waals surface area contributed by atoms with E-state index in [0.29, 0.717) is 40.4 Å². The fourth-order valence-electron chi connectivity index (χ4n) is 2.00. The van der Waals surface area contributed by atoms with Crippen molar-refractivity contribution in [3.05, 3.63) is 43.2 Å². The molecular formula is C15H10Br3NO3. The van der Waals surface area contributed by atoms with E-state index in [1.165, 1.54) is 0 Å². The van der Waals surface area contributed by atoms with Gasteiger partial charge in [0.15, 0.2) is 11.5 Å². The van der Waals surface area contributed by atoms with Gasteiger partial charge in [-0.2, -0.15) is 0 Å². The van der Waals surface area contributed by atoms with Gasteiger partial charge in [0.25, 0.3) is 0 Å². The van der Waals surface area contributed by atoms with E-state index in [2.05, 4.69) is 52.8 Å². The van der Waals surface area contributed by atoms with Crippen LogP contribution in [0.2, 0.25) is 0 Å². The van der Waals surface area contributed by atoms with Crippen LogP contribution in [0.4, 0.5) is 5.69 Å². The first-order valence-electron chi connectivity index (χ1n) is 6.36. The molecule has 0 saturated heterocycles. The first kappa shape index (κ1) is 15.8. The number of fused-ring (bicyclic) bond motifs is 1. The maximum absolute atomic E-state index is 10.0. The molecule has 2 aromatic carbocycles. The molecule has 1 aliphatic rings. The number of nitrogens with zero attached hydrogens (tertiary/aromatic N) is 1. The van der Waals surface area contributed by atoms with Gasteiger partial charge in [-0.25, -0.2) is 0 Å². The van der Waals surface area contributed by atoms with Crippen LogP contribution in [-0.2, 0) is 0 Å². The van der Waals surface area contributed by atoms with E-state index >= 15 is 0 Å². The molecule has 0 amide bonds. The molecule has 0 aliphatic carbocycles. The summed E-state index contributed by atoms with van der Waals surface area (Å²) in [6.07, 6.45) is 1.60. The van der Waals surface area contributed by atoms with E-state index in [1.54, 1.807) is 24.4 Å². The topological polar surface area (TPSA) is 51.1 Å². The molecule has 114 valence electrons. The summed E-state index contributed by atoms with van der Waals surface area (Å²) in [6.45, 7) is 1.06. The summed E-state index contributed by atoms with van der Waals surface area (Å²) in [6, 6.07) is 7.21. The number of phenolic OH excluding ortho intramolecular Hbond substituents is 1. The molecule has 22 heavy (non-hydrogen) atoms. The molecule has 1 N–H and O–H groups in total. The van der Waals surface area contributed by atoms with Crippen molar-refractivity contribution in [2.24, 2.45) is 4.99 Å². The van der Waals surface area contributed by atoms with Crippen LogP contribution in [0.15, 0.2) is 42.7 Å². The van der Waals surface area contributed by atoms with Crippen molar-refractivity contribution in [1.29, 1.82) is 0 Å². The highest BCUT2D eigenvalue weighted by Crippen LogP contribution is 2.41. The van der Waals surface area contributed by atoms with Crippen LogP contribution in [0, 0.1) is 0 Å². The minimum absolute atomic E-state index is 0.142. The first-order valence-corrected chi connectivity index (χ1v) is 8.74. The molecule has 3 rings (SSSR count). The Morgan fingerprint density at radius 1 is 1.00 bits per heavy atom. The number of hydrogen-bond donors (Lipinski definition) is 1. The Kier molecular flexibility index (Phi) is 4.75. The van der Waals surface area contributed by atoms with Gasteiger partial charge in [0.2, 0.25) is 0 Å². The SMILES string of the molecule is Oc1c(Br)cc(Br)cc1C=Nc1cc(Br)c2c(c1)OCCO2. The Balaban J connectivity index is 1.95. The van der Waals surface area contributed by atoms with Crippen molar-refractivity contribution in [3.63, 3.8) is 0 Å². The van der Waals surface area contributed by atoms with Gasteiger partial charge in [-0.3, -0.25) is 4.99 Å². The maximum atomic E-state index is 10.0. The Morgan fingerprint density at radius 3 is 2.59 bits per heavy atom. The van der Waals surface area contributed by atoms with Crippen LogP contribution >= 0.6 is 47.8 Å². The molecule has 0 saturated carbocycles. The lowest BCUT2D eigenvalue weighted by atomic mass is 10.2. The quantitative estimate of drug-likeness (QED) is 0.587. The molecule has 2 aromatic rings. The first-order chi connectivity index (χ1) is 10.5. The largest absolute Gasteiger partial charge is 0.506 e. The van der Waals surface area contributed by atoms with Crippen molar-refractivity contribution in [2.75, 3.05) is 13.2 Å². The summed E-state index contributed by atoms with van der Waals surface area (Å²) in [5.74, 6) is 1.49. The standard InChI is InChI=1S/C15H10Br3NO3/c16-9-3-8(14(20)11(17)4-9)7-19-10-5-12(18)15-13(6-10)21-1-2-22-15/h3-7,20H,1-2H2. The van der Waals surface area contributed by atoms with E-state index in [1.807, 2.05) is 6.07 Å². The molecule has 0 radical (unpaired) electrons. The van der Waals surface area contributed by atoms with Crippen LogP contribution in [0.1, 0.15) is 5.56 Å². The number of aliphatic imine (C=N–C) groups is 1. The lowest BCUT2D eigenvalue weighted by molar-refractivity contribution is 0.170. The summed E-state index contributed by atoms with van der Waals surface area (Å²) in [7, 11) is 0. The Bertz CT molecular complexity index is 762. The Morgan fingerprint density at radius 2 is 1.77 bits per heavy atom. The van der Waals surface area contributed by atoms with Crippen LogP contribution < -0.4 is 9.47 Å². The highest BCUT2D eigenvalue weighted by molar-refractivity contribution is 9.11. The molecule has 0 atom stereocenters. The second-order valence-corrected chi connectivity index (χ2v) is 7.16. The molecule has 1 heterocycles. The predicted octanol–water partition coefficient (Wildman–Crippen LogP) is 5.20. The zero-order chi connectivity index (χ0) is 15.7. The minimum atomic E-state index is 0.142. The van der Waals surface area contributed by atoms with Crippen molar-refractivity contribution in [3.8, 4) is 17.2 Å². The average molecular weight is 492 g/mol. The van der Waals surface area contributed by atoms with Gasteiger partial charge in [0, 0.05) is 22.3 Å². The second kappa shape index (κ2) is 6.60. The fraction of sp³-hybridized carbons (Fsp3) is 0.133. The van der Waals surface area contributed by atoms with Gasteiger partial charge in [-0.1, -0.05) is 15.9 Å². The molecule has 0 unspecified atom stereocenters. The number of aromatic hydroxyl groups is 1. The smallest absolute Gasteiger partial charge is 0.175 e. The number of halogens is 3. The van der Waals surface area contributed by atoms with Crippen LogP contribution in [0.5, 0.6) is 17.2 Å². The van der Waals surface area contributed by atoms with Crippen molar-refractivity contribution in [1.82, 2.24) is 0 Å². The number of hydrogen-bond acceptors (Lipinski definition) is 4. The minimum Gasteiger partial charge on any atom is -0.506 e. The second-order valence-electron chi connectivity index (χ2n) is 4.54. The molecule has 4 nitrogen and oxygen atoms in total. The predicted molar refractivity (Wildman–Crippen MR) is 95.9 cm³/mol. The number of phenols is 1. The molecule has 1 aliphatic heterocycles. The highest BCUT2D eigenvalue weighted by Gasteiger charge is 2.16. The summed E-state index contributed by atoms with van der Waals surface area (Å²) in [5.41, 5.74) is 1.30. The molecule has 0 spiro atoms. The van der Waals surface area contributed by atoms with Crippen molar-refractivity contribution < 1.29 is 14.6 Å². The van der Waals surface area contributed by atoms with Gasteiger partial charge in [-0.05, 0) is 50.1 Å². The molecule has 7 heteroatoms. The van der Waals surface area contributed by atoms with E-state index in [4.69, 9.17) is 9.47 Å². The van der Waals surface area contributed by atoms with Crippen molar-refractivity contribution in [2.45, 2.75) is 0 Å². The summed E-state index contributed by atoms with van der Waals surface area (Å²) in [4.78, 5) is 4.40. The number of rotatable bonds is 2. The Hall–Kier alpha value is -1.05.